The average molecular weight is 245 g/mol. The van der Waals surface area contributed by atoms with Crippen molar-refractivity contribution < 1.29 is 9.53 Å². The second-order valence-electron chi connectivity index (χ2n) is 4.61. The minimum Gasteiger partial charge on any atom is -0.470 e. The zero-order valence-electron chi connectivity index (χ0n) is 10.5. The molecule has 0 aliphatic carbocycles. The van der Waals surface area contributed by atoms with Crippen molar-refractivity contribution in [2.24, 2.45) is 5.92 Å². The first-order valence-corrected chi connectivity index (χ1v) is 5.92. The maximum absolute atomic E-state index is 11.6. The van der Waals surface area contributed by atoms with Crippen LogP contribution in [0, 0.1) is 17.2 Å². The van der Waals surface area contributed by atoms with Crippen molar-refractivity contribution in [1.82, 2.24) is 9.88 Å². The first-order chi connectivity index (χ1) is 8.61. The van der Waals surface area contributed by atoms with E-state index in [2.05, 4.69) is 4.98 Å². The van der Waals surface area contributed by atoms with Gasteiger partial charge in [0, 0.05) is 12.1 Å². The predicted octanol–water partition coefficient (Wildman–Crippen LogP) is 1.20. The van der Waals surface area contributed by atoms with Crippen LogP contribution in [-0.2, 0) is 4.79 Å². The van der Waals surface area contributed by atoms with Crippen LogP contribution in [0.1, 0.15) is 19.4 Å². The van der Waals surface area contributed by atoms with Crippen LogP contribution in [0.2, 0.25) is 0 Å². The lowest BCUT2D eigenvalue weighted by molar-refractivity contribution is -0.143. The monoisotopic (exact) mass is 245 g/mol. The lowest BCUT2D eigenvalue weighted by atomic mass is 10.1. The Hall–Kier alpha value is -2.09. The summed E-state index contributed by atoms with van der Waals surface area (Å²) < 4.78 is 5.60. The molecule has 0 aromatic carbocycles. The third-order valence-corrected chi connectivity index (χ3v) is 2.82. The molecule has 1 fully saturated rings. The Kier molecular flexibility index (Phi) is 3.47. The van der Waals surface area contributed by atoms with E-state index in [9.17, 15) is 4.79 Å². The molecule has 0 atom stereocenters. The molecule has 1 amide bonds. The highest BCUT2D eigenvalue weighted by atomic mass is 16.5. The van der Waals surface area contributed by atoms with Crippen LogP contribution in [-0.4, -0.2) is 35.0 Å². The summed E-state index contributed by atoms with van der Waals surface area (Å²) >= 11 is 0. The molecule has 18 heavy (non-hydrogen) atoms. The lowest BCUT2D eigenvalue weighted by Gasteiger charge is -2.39. The van der Waals surface area contributed by atoms with Crippen molar-refractivity contribution in [1.29, 1.82) is 5.26 Å². The summed E-state index contributed by atoms with van der Waals surface area (Å²) in [5.41, 5.74) is 0.422. The Balaban J connectivity index is 1.91. The summed E-state index contributed by atoms with van der Waals surface area (Å²) in [6.07, 6.45) is 1.53. The fraction of sp³-hybridized carbons (Fsp3) is 0.462. The van der Waals surface area contributed by atoms with Crippen LogP contribution in [0.5, 0.6) is 5.88 Å². The maximum atomic E-state index is 11.6. The number of carbonyl (C=O) groups is 1. The second-order valence-corrected chi connectivity index (χ2v) is 4.61. The summed E-state index contributed by atoms with van der Waals surface area (Å²) in [7, 11) is 0. The van der Waals surface area contributed by atoms with Gasteiger partial charge in [-0.05, 0) is 12.1 Å². The molecule has 0 N–H and O–H groups in total. The Morgan fingerprint density at radius 2 is 2.33 bits per heavy atom. The van der Waals surface area contributed by atoms with Crippen LogP contribution in [0.15, 0.2) is 18.3 Å². The molecule has 0 saturated carbocycles. The smallest absolute Gasteiger partial charge is 0.232 e. The summed E-state index contributed by atoms with van der Waals surface area (Å²) in [6.45, 7) is 4.89. The van der Waals surface area contributed by atoms with Gasteiger partial charge in [-0.3, -0.25) is 4.79 Å². The zero-order valence-corrected chi connectivity index (χ0v) is 10.5. The van der Waals surface area contributed by atoms with E-state index < -0.39 is 0 Å². The van der Waals surface area contributed by atoms with Crippen molar-refractivity contribution >= 4 is 5.91 Å². The third kappa shape index (κ3) is 2.43. The van der Waals surface area contributed by atoms with Crippen LogP contribution in [0.3, 0.4) is 0 Å². The van der Waals surface area contributed by atoms with Gasteiger partial charge in [-0.25, -0.2) is 4.98 Å². The minimum absolute atomic E-state index is 0.00969. The van der Waals surface area contributed by atoms with Crippen molar-refractivity contribution in [3.05, 3.63) is 23.9 Å². The first kappa shape index (κ1) is 12.4. The van der Waals surface area contributed by atoms with Crippen LogP contribution >= 0.6 is 0 Å². The van der Waals surface area contributed by atoms with Crippen LogP contribution in [0.4, 0.5) is 0 Å². The van der Waals surface area contributed by atoms with Gasteiger partial charge in [0.05, 0.1) is 13.1 Å². The van der Waals surface area contributed by atoms with Crippen molar-refractivity contribution in [3.8, 4) is 11.9 Å². The van der Waals surface area contributed by atoms with E-state index in [0.29, 0.717) is 24.5 Å². The summed E-state index contributed by atoms with van der Waals surface area (Å²) in [4.78, 5) is 17.4. The number of ether oxygens (including phenoxy) is 1. The second kappa shape index (κ2) is 5.05. The molecule has 94 valence electrons. The number of amides is 1. The highest BCUT2D eigenvalue weighted by Crippen LogP contribution is 2.20. The van der Waals surface area contributed by atoms with Gasteiger partial charge in [0.25, 0.3) is 0 Å². The fourth-order valence-electron chi connectivity index (χ4n) is 1.79. The molecule has 0 radical (unpaired) electrons. The van der Waals surface area contributed by atoms with Crippen molar-refractivity contribution in [3.63, 3.8) is 0 Å². The van der Waals surface area contributed by atoms with E-state index in [1.54, 1.807) is 23.2 Å². The summed E-state index contributed by atoms with van der Waals surface area (Å²) in [6, 6.07) is 5.39. The van der Waals surface area contributed by atoms with E-state index in [1.165, 1.54) is 0 Å². The maximum Gasteiger partial charge on any atom is 0.232 e. The van der Waals surface area contributed by atoms with Gasteiger partial charge in [-0.2, -0.15) is 5.26 Å². The Morgan fingerprint density at radius 1 is 1.61 bits per heavy atom. The van der Waals surface area contributed by atoms with Gasteiger partial charge in [0.15, 0.2) is 0 Å². The van der Waals surface area contributed by atoms with Crippen molar-refractivity contribution in [2.45, 2.75) is 20.0 Å². The molecule has 0 unspecified atom stereocenters. The number of pyridine rings is 1. The van der Waals surface area contributed by atoms with Gasteiger partial charge >= 0.3 is 0 Å². The molecule has 2 heterocycles. The quantitative estimate of drug-likeness (QED) is 0.802. The van der Waals surface area contributed by atoms with Gasteiger partial charge in [-0.1, -0.05) is 13.8 Å². The zero-order chi connectivity index (χ0) is 13.1. The van der Waals surface area contributed by atoms with Gasteiger partial charge < -0.3 is 9.64 Å². The first-order valence-electron chi connectivity index (χ1n) is 5.92. The van der Waals surface area contributed by atoms with E-state index in [4.69, 9.17) is 10.00 Å². The topological polar surface area (TPSA) is 66.2 Å². The molecule has 0 spiro atoms. The molecule has 2 rings (SSSR count). The molecule has 1 aliphatic rings. The molecule has 1 aliphatic heterocycles. The number of likely N-dealkylation sites (tertiary alicyclic amines) is 1. The third-order valence-electron chi connectivity index (χ3n) is 2.82. The Labute approximate surface area is 106 Å². The Morgan fingerprint density at radius 3 is 2.94 bits per heavy atom. The highest BCUT2D eigenvalue weighted by Gasteiger charge is 2.33. The number of carbonyl (C=O) groups excluding carboxylic acids is 1. The van der Waals surface area contributed by atoms with Crippen molar-refractivity contribution in [2.75, 3.05) is 13.1 Å². The summed E-state index contributed by atoms with van der Waals surface area (Å²) in [5, 5.41) is 8.90. The molecular weight excluding hydrogens is 230 g/mol. The minimum atomic E-state index is -0.0605. The molecule has 5 heteroatoms. The van der Waals surface area contributed by atoms with E-state index in [-0.39, 0.29) is 17.9 Å². The number of rotatable bonds is 3. The molecule has 1 aromatic heterocycles. The molecule has 1 saturated heterocycles. The standard InChI is InChI=1S/C13H15N3O2/c1-9(2)13(17)16-7-11(8-16)18-12-10(6-14)4-3-5-15-12/h3-5,9,11H,7-8H2,1-2H3. The number of nitriles is 1. The largest absolute Gasteiger partial charge is 0.470 e. The van der Waals surface area contributed by atoms with E-state index in [1.807, 2.05) is 19.9 Å². The number of hydrogen-bond donors (Lipinski definition) is 0. The molecular formula is C13H15N3O2. The average Bonchev–Trinajstić information content (AvgIpc) is 2.32. The van der Waals surface area contributed by atoms with E-state index >= 15 is 0 Å². The van der Waals surface area contributed by atoms with E-state index in [0.717, 1.165) is 0 Å². The molecule has 1 aromatic rings. The normalized spacial score (nSPS) is 15.1. The number of hydrogen-bond acceptors (Lipinski definition) is 4. The predicted molar refractivity (Wildman–Crippen MR) is 64.8 cm³/mol. The van der Waals surface area contributed by atoms with Crippen LogP contribution < -0.4 is 4.74 Å². The van der Waals surface area contributed by atoms with Gasteiger partial charge in [0.1, 0.15) is 17.7 Å². The Bertz CT molecular complexity index is 487. The van der Waals surface area contributed by atoms with Gasteiger partial charge in [0.2, 0.25) is 11.8 Å². The lowest BCUT2D eigenvalue weighted by Crippen LogP contribution is -2.57. The number of nitrogens with zero attached hydrogens (tertiary/aromatic N) is 3. The molecule has 5 nitrogen and oxygen atoms in total. The van der Waals surface area contributed by atoms with Gasteiger partial charge in [-0.15, -0.1) is 0 Å². The fourth-order valence-corrected chi connectivity index (χ4v) is 1.79. The number of aromatic nitrogens is 1. The SMILES string of the molecule is CC(C)C(=O)N1CC(Oc2ncccc2C#N)C1. The van der Waals surface area contributed by atoms with Crippen LogP contribution in [0.25, 0.3) is 0 Å². The summed E-state index contributed by atoms with van der Waals surface area (Å²) in [5.74, 6) is 0.494. The highest BCUT2D eigenvalue weighted by molar-refractivity contribution is 5.79. The molecule has 0 bridgehead atoms.